The summed E-state index contributed by atoms with van der Waals surface area (Å²) in [5.74, 6) is -0.0955. The SMILES string of the molecule is CN(c1ccc(OCC(=O)OCc2cccc(Cl)c2)cc1)S(=O)(=O)c1cccs1. The van der Waals surface area contributed by atoms with E-state index < -0.39 is 16.0 Å². The molecule has 1 aromatic heterocycles. The maximum absolute atomic E-state index is 12.5. The second-order valence-corrected chi connectivity index (χ2v) is 9.56. The zero-order valence-corrected chi connectivity index (χ0v) is 17.8. The van der Waals surface area contributed by atoms with Crippen LogP contribution in [0.25, 0.3) is 0 Å². The van der Waals surface area contributed by atoms with Gasteiger partial charge in [-0.25, -0.2) is 13.2 Å². The van der Waals surface area contributed by atoms with Gasteiger partial charge in [0.25, 0.3) is 10.0 Å². The van der Waals surface area contributed by atoms with Gasteiger partial charge in [0, 0.05) is 12.1 Å². The van der Waals surface area contributed by atoms with Crippen LogP contribution >= 0.6 is 22.9 Å². The number of anilines is 1. The van der Waals surface area contributed by atoms with E-state index in [4.69, 9.17) is 21.1 Å². The molecule has 3 aromatic rings. The van der Waals surface area contributed by atoms with Crippen molar-refractivity contribution in [2.75, 3.05) is 18.0 Å². The van der Waals surface area contributed by atoms with Gasteiger partial charge in [-0.3, -0.25) is 4.31 Å². The van der Waals surface area contributed by atoms with E-state index in [2.05, 4.69) is 0 Å². The van der Waals surface area contributed by atoms with Crippen LogP contribution in [-0.2, 0) is 26.2 Å². The predicted molar refractivity (Wildman–Crippen MR) is 113 cm³/mol. The molecule has 0 fully saturated rings. The van der Waals surface area contributed by atoms with E-state index in [0.717, 1.165) is 16.9 Å². The van der Waals surface area contributed by atoms with Gasteiger partial charge in [0.05, 0.1) is 5.69 Å². The summed E-state index contributed by atoms with van der Waals surface area (Å²) >= 11 is 7.05. The summed E-state index contributed by atoms with van der Waals surface area (Å²) in [6.07, 6.45) is 0. The van der Waals surface area contributed by atoms with E-state index >= 15 is 0 Å². The highest BCUT2D eigenvalue weighted by Crippen LogP contribution is 2.26. The molecule has 152 valence electrons. The molecule has 0 radical (unpaired) electrons. The number of hydrogen-bond acceptors (Lipinski definition) is 6. The van der Waals surface area contributed by atoms with E-state index in [9.17, 15) is 13.2 Å². The van der Waals surface area contributed by atoms with Crippen molar-refractivity contribution >= 4 is 44.6 Å². The van der Waals surface area contributed by atoms with Gasteiger partial charge >= 0.3 is 5.97 Å². The second kappa shape index (κ2) is 9.30. The number of carbonyl (C=O) groups excluding carboxylic acids is 1. The molecule has 1 heterocycles. The monoisotopic (exact) mass is 451 g/mol. The quantitative estimate of drug-likeness (QED) is 0.476. The van der Waals surface area contributed by atoms with Crippen LogP contribution < -0.4 is 9.04 Å². The van der Waals surface area contributed by atoms with Crippen molar-refractivity contribution in [1.82, 2.24) is 0 Å². The first kappa shape index (κ1) is 21.2. The van der Waals surface area contributed by atoms with E-state index in [1.807, 2.05) is 0 Å². The molecule has 0 amide bonds. The van der Waals surface area contributed by atoms with Crippen LogP contribution in [0, 0.1) is 0 Å². The number of thiophene rings is 1. The molecule has 0 aliphatic heterocycles. The lowest BCUT2D eigenvalue weighted by atomic mass is 10.2. The lowest BCUT2D eigenvalue weighted by Crippen LogP contribution is -2.25. The van der Waals surface area contributed by atoms with Crippen LogP contribution in [0.3, 0.4) is 0 Å². The largest absolute Gasteiger partial charge is 0.482 e. The fourth-order valence-electron chi connectivity index (χ4n) is 2.41. The van der Waals surface area contributed by atoms with Gasteiger partial charge in [-0.15, -0.1) is 11.3 Å². The summed E-state index contributed by atoms with van der Waals surface area (Å²) in [6.45, 7) is -0.156. The van der Waals surface area contributed by atoms with E-state index in [-0.39, 0.29) is 17.4 Å². The Labute approximate surface area is 178 Å². The molecule has 0 saturated heterocycles. The number of nitrogens with zero attached hydrogens (tertiary/aromatic N) is 1. The summed E-state index contributed by atoms with van der Waals surface area (Å²) in [5, 5.41) is 2.28. The van der Waals surface area contributed by atoms with Crippen molar-refractivity contribution in [1.29, 1.82) is 0 Å². The molecule has 29 heavy (non-hydrogen) atoms. The molecule has 0 spiro atoms. The molecule has 2 aromatic carbocycles. The molecule has 0 aliphatic carbocycles. The Morgan fingerprint density at radius 2 is 1.86 bits per heavy atom. The Balaban J connectivity index is 1.53. The number of esters is 1. The third-order valence-electron chi connectivity index (χ3n) is 3.96. The normalized spacial score (nSPS) is 11.1. The van der Waals surface area contributed by atoms with Crippen LogP contribution in [-0.4, -0.2) is 28.0 Å². The number of sulfonamides is 1. The van der Waals surface area contributed by atoms with E-state index in [0.29, 0.717) is 16.5 Å². The Bertz CT molecular complexity index is 1070. The lowest BCUT2D eigenvalue weighted by molar-refractivity contribution is -0.147. The van der Waals surface area contributed by atoms with Gasteiger partial charge in [0.15, 0.2) is 6.61 Å². The summed E-state index contributed by atoms with van der Waals surface area (Å²) in [5.41, 5.74) is 1.26. The van der Waals surface area contributed by atoms with Crippen molar-refractivity contribution in [3.63, 3.8) is 0 Å². The van der Waals surface area contributed by atoms with Gasteiger partial charge in [-0.2, -0.15) is 0 Å². The van der Waals surface area contributed by atoms with Crippen molar-refractivity contribution in [2.24, 2.45) is 0 Å². The highest BCUT2D eigenvalue weighted by Gasteiger charge is 2.22. The maximum Gasteiger partial charge on any atom is 0.344 e. The molecule has 0 N–H and O–H groups in total. The van der Waals surface area contributed by atoms with E-state index in [1.165, 1.54) is 11.4 Å². The number of benzene rings is 2. The first-order valence-corrected chi connectivity index (χ1v) is 11.2. The summed E-state index contributed by atoms with van der Waals surface area (Å²) in [6, 6.07) is 16.7. The van der Waals surface area contributed by atoms with Crippen molar-refractivity contribution in [3.05, 3.63) is 76.6 Å². The van der Waals surface area contributed by atoms with Crippen molar-refractivity contribution in [2.45, 2.75) is 10.8 Å². The smallest absolute Gasteiger partial charge is 0.344 e. The Hall–Kier alpha value is -2.55. The van der Waals surface area contributed by atoms with Gasteiger partial charge in [-0.05, 0) is 53.4 Å². The highest BCUT2D eigenvalue weighted by molar-refractivity contribution is 7.94. The minimum Gasteiger partial charge on any atom is -0.482 e. The number of halogens is 1. The zero-order chi connectivity index (χ0) is 20.9. The number of carbonyl (C=O) groups is 1. The minimum absolute atomic E-state index is 0.104. The third-order valence-corrected chi connectivity index (χ3v) is 7.35. The highest BCUT2D eigenvalue weighted by atomic mass is 35.5. The summed E-state index contributed by atoms with van der Waals surface area (Å²) in [4.78, 5) is 11.8. The van der Waals surface area contributed by atoms with E-state index in [1.54, 1.807) is 66.0 Å². The molecule has 0 saturated carbocycles. The van der Waals surface area contributed by atoms with Crippen LogP contribution in [0.1, 0.15) is 5.56 Å². The van der Waals surface area contributed by atoms with Crippen LogP contribution in [0.2, 0.25) is 5.02 Å². The van der Waals surface area contributed by atoms with Gasteiger partial charge in [0.1, 0.15) is 16.6 Å². The molecular weight excluding hydrogens is 434 g/mol. The average Bonchev–Trinajstić information content (AvgIpc) is 3.26. The Morgan fingerprint density at radius 3 is 2.52 bits per heavy atom. The van der Waals surface area contributed by atoms with Gasteiger partial charge in [-0.1, -0.05) is 29.8 Å². The molecular formula is C20H18ClNO5S2. The molecule has 9 heteroatoms. The van der Waals surface area contributed by atoms with Gasteiger partial charge in [0.2, 0.25) is 0 Å². The topological polar surface area (TPSA) is 72.9 Å². The number of rotatable bonds is 8. The Morgan fingerprint density at radius 1 is 1.10 bits per heavy atom. The molecule has 0 unspecified atom stereocenters. The van der Waals surface area contributed by atoms with Crippen molar-refractivity contribution < 1.29 is 22.7 Å². The third kappa shape index (κ3) is 5.50. The molecule has 6 nitrogen and oxygen atoms in total. The average molecular weight is 452 g/mol. The first-order chi connectivity index (χ1) is 13.9. The molecule has 0 bridgehead atoms. The molecule has 3 rings (SSSR count). The zero-order valence-electron chi connectivity index (χ0n) is 15.4. The lowest BCUT2D eigenvalue weighted by Gasteiger charge is -2.18. The number of hydrogen-bond donors (Lipinski definition) is 0. The standard InChI is InChI=1S/C20H18ClNO5S2/c1-22(29(24,25)20-6-3-11-28-20)17-7-9-18(10-8-17)26-14-19(23)27-13-15-4-2-5-16(21)12-15/h2-12H,13-14H2,1H3. The predicted octanol–water partition coefficient (Wildman–Crippen LogP) is 4.35. The minimum atomic E-state index is -3.60. The maximum atomic E-state index is 12.5. The van der Waals surface area contributed by atoms with Crippen LogP contribution in [0.15, 0.2) is 70.3 Å². The summed E-state index contributed by atoms with van der Waals surface area (Å²) in [7, 11) is -2.11. The van der Waals surface area contributed by atoms with Crippen LogP contribution in [0.5, 0.6) is 5.75 Å². The fourth-order valence-corrected chi connectivity index (χ4v) is 4.98. The Kier molecular flexibility index (Phi) is 6.79. The van der Waals surface area contributed by atoms with Gasteiger partial charge < -0.3 is 9.47 Å². The number of ether oxygens (including phenoxy) is 2. The summed E-state index contributed by atoms with van der Waals surface area (Å²) < 4.78 is 37.1. The van der Waals surface area contributed by atoms with Crippen LogP contribution in [0.4, 0.5) is 5.69 Å². The molecule has 0 aliphatic rings. The fraction of sp³-hybridized carbons (Fsp3) is 0.150. The molecule has 0 atom stereocenters. The van der Waals surface area contributed by atoms with Crippen molar-refractivity contribution in [3.8, 4) is 5.75 Å². The second-order valence-electron chi connectivity index (χ2n) is 5.98. The first-order valence-electron chi connectivity index (χ1n) is 8.51.